The number of furan rings is 1. The molecule has 1 saturated heterocycles. The maximum Gasteiger partial charge on any atom is 0.266 e. The van der Waals surface area contributed by atoms with E-state index < -0.39 is 0 Å². The van der Waals surface area contributed by atoms with Gasteiger partial charge in [-0.15, -0.1) is 0 Å². The summed E-state index contributed by atoms with van der Waals surface area (Å²) in [6, 6.07) is 11.8. The molecular formula is C22H21NO3S2. The van der Waals surface area contributed by atoms with Crippen LogP contribution in [-0.2, 0) is 11.4 Å². The molecule has 3 unspecified atom stereocenters. The standard InChI is InChI=1S/C22H21NO3S2/c24-12-16-10-18(14-4-2-1-3-5-14)26-19(16)11-20-21(25)23(22(27)28-20)17-9-13-6-7-15(17)8-13/h1-5,10-11,13,15,17,24H,6-9,12H2. The predicted octanol–water partition coefficient (Wildman–Crippen LogP) is 4.83. The number of carbonyl (C=O) groups is 1. The minimum Gasteiger partial charge on any atom is -0.456 e. The normalized spacial score (nSPS) is 28.1. The van der Waals surface area contributed by atoms with Gasteiger partial charge in [0, 0.05) is 23.2 Å². The Balaban J connectivity index is 1.44. The number of aliphatic hydroxyl groups is 1. The molecule has 3 fully saturated rings. The van der Waals surface area contributed by atoms with Gasteiger partial charge in [0.15, 0.2) is 0 Å². The Hall–Kier alpha value is -1.89. The number of thiocarbonyl (C=S) groups is 1. The number of hydrogen-bond donors (Lipinski definition) is 1. The van der Waals surface area contributed by atoms with Crippen molar-refractivity contribution in [1.82, 2.24) is 4.90 Å². The van der Waals surface area contributed by atoms with Crippen molar-refractivity contribution in [3.63, 3.8) is 0 Å². The van der Waals surface area contributed by atoms with E-state index in [4.69, 9.17) is 16.6 Å². The smallest absolute Gasteiger partial charge is 0.266 e. The Morgan fingerprint density at radius 1 is 1.25 bits per heavy atom. The molecule has 28 heavy (non-hydrogen) atoms. The molecule has 6 heteroatoms. The van der Waals surface area contributed by atoms with E-state index in [-0.39, 0.29) is 18.6 Å². The summed E-state index contributed by atoms with van der Waals surface area (Å²) in [5.74, 6) is 2.53. The average Bonchev–Trinajstić information content (AvgIpc) is 3.47. The fourth-order valence-electron chi connectivity index (χ4n) is 4.85. The van der Waals surface area contributed by atoms with E-state index in [1.807, 2.05) is 41.3 Å². The van der Waals surface area contributed by atoms with Crippen LogP contribution >= 0.6 is 24.0 Å². The molecule has 1 aromatic carbocycles. The first-order valence-corrected chi connectivity index (χ1v) is 10.9. The molecule has 1 amide bonds. The van der Waals surface area contributed by atoms with Crippen molar-refractivity contribution in [3.05, 3.63) is 52.6 Å². The number of aliphatic hydroxyl groups excluding tert-OH is 1. The van der Waals surface area contributed by atoms with E-state index in [9.17, 15) is 9.90 Å². The van der Waals surface area contributed by atoms with Crippen LogP contribution in [0.5, 0.6) is 0 Å². The SMILES string of the molecule is O=C1C(=Cc2oc(-c3ccccc3)cc2CO)SC(=S)N1C1CC2CCC1C2. The fourth-order valence-corrected chi connectivity index (χ4v) is 6.19. The molecule has 0 spiro atoms. The number of thioether (sulfide) groups is 1. The van der Waals surface area contributed by atoms with Gasteiger partial charge in [-0.3, -0.25) is 9.69 Å². The molecule has 1 aliphatic heterocycles. The van der Waals surface area contributed by atoms with Gasteiger partial charge in [-0.1, -0.05) is 60.7 Å². The zero-order chi connectivity index (χ0) is 19.3. The summed E-state index contributed by atoms with van der Waals surface area (Å²) in [6.45, 7) is -0.144. The van der Waals surface area contributed by atoms with Crippen LogP contribution in [0.25, 0.3) is 17.4 Å². The van der Waals surface area contributed by atoms with Gasteiger partial charge < -0.3 is 9.52 Å². The van der Waals surface area contributed by atoms with E-state index in [2.05, 4.69) is 0 Å². The number of hydrogen-bond acceptors (Lipinski definition) is 5. The van der Waals surface area contributed by atoms with Crippen molar-refractivity contribution in [1.29, 1.82) is 0 Å². The molecule has 4 nitrogen and oxygen atoms in total. The highest BCUT2D eigenvalue weighted by Crippen LogP contribution is 2.49. The summed E-state index contributed by atoms with van der Waals surface area (Å²) in [5.41, 5.74) is 1.61. The molecule has 3 atom stereocenters. The first-order valence-electron chi connectivity index (χ1n) is 9.70. The van der Waals surface area contributed by atoms with Gasteiger partial charge in [0.2, 0.25) is 0 Å². The first-order chi connectivity index (χ1) is 13.6. The van der Waals surface area contributed by atoms with Gasteiger partial charge in [-0.25, -0.2) is 0 Å². The zero-order valence-electron chi connectivity index (χ0n) is 15.3. The highest BCUT2D eigenvalue weighted by molar-refractivity contribution is 8.26. The van der Waals surface area contributed by atoms with Crippen LogP contribution in [0.2, 0.25) is 0 Å². The van der Waals surface area contributed by atoms with E-state index in [0.29, 0.717) is 32.2 Å². The van der Waals surface area contributed by atoms with Crippen molar-refractivity contribution in [2.24, 2.45) is 11.8 Å². The topological polar surface area (TPSA) is 53.7 Å². The van der Waals surface area contributed by atoms with Gasteiger partial charge in [-0.2, -0.15) is 0 Å². The number of amides is 1. The van der Waals surface area contributed by atoms with Crippen molar-refractivity contribution in [2.45, 2.75) is 38.3 Å². The van der Waals surface area contributed by atoms with E-state index in [0.717, 1.165) is 17.9 Å². The highest BCUT2D eigenvalue weighted by atomic mass is 32.2. The lowest BCUT2D eigenvalue weighted by atomic mass is 9.94. The number of benzene rings is 1. The van der Waals surface area contributed by atoms with Crippen molar-refractivity contribution < 1.29 is 14.3 Å². The number of nitrogens with zero attached hydrogens (tertiary/aromatic N) is 1. The predicted molar refractivity (Wildman–Crippen MR) is 114 cm³/mol. The van der Waals surface area contributed by atoms with E-state index in [1.54, 1.807) is 6.08 Å². The molecule has 3 aliphatic rings. The van der Waals surface area contributed by atoms with Crippen LogP contribution in [-0.4, -0.2) is 26.3 Å². The molecule has 1 aromatic heterocycles. The van der Waals surface area contributed by atoms with Crippen LogP contribution in [0.1, 0.15) is 37.0 Å². The maximum atomic E-state index is 13.1. The lowest BCUT2D eigenvalue weighted by Gasteiger charge is -2.30. The van der Waals surface area contributed by atoms with Gasteiger partial charge in [0.1, 0.15) is 15.8 Å². The third-order valence-electron chi connectivity index (χ3n) is 6.19. The lowest BCUT2D eigenvalue weighted by Crippen LogP contribution is -2.41. The van der Waals surface area contributed by atoms with Crippen molar-refractivity contribution in [2.75, 3.05) is 0 Å². The largest absolute Gasteiger partial charge is 0.456 e. The van der Waals surface area contributed by atoms with Crippen molar-refractivity contribution in [3.8, 4) is 11.3 Å². The Labute approximate surface area is 173 Å². The van der Waals surface area contributed by atoms with Crippen LogP contribution in [0.4, 0.5) is 0 Å². The van der Waals surface area contributed by atoms with Crippen LogP contribution < -0.4 is 0 Å². The van der Waals surface area contributed by atoms with E-state index >= 15 is 0 Å². The first kappa shape index (κ1) is 18.2. The molecule has 1 N–H and O–H groups in total. The third-order valence-corrected chi connectivity index (χ3v) is 7.52. The molecule has 2 saturated carbocycles. The number of rotatable bonds is 4. The summed E-state index contributed by atoms with van der Waals surface area (Å²) in [6.07, 6.45) is 6.54. The third kappa shape index (κ3) is 3.04. The second-order valence-corrected chi connectivity index (χ2v) is 9.49. The van der Waals surface area contributed by atoms with Gasteiger partial charge in [-0.05, 0) is 37.2 Å². The number of fused-ring (bicyclic) bond motifs is 2. The minimum absolute atomic E-state index is 0.0194. The average molecular weight is 412 g/mol. The van der Waals surface area contributed by atoms with Gasteiger partial charge in [0.05, 0.1) is 11.5 Å². The summed E-state index contributed by atoms with van der Waals surface area (Å²) < 4.78 is 6.63. The Kier molecular flexibility index (Phi) is 4.65. The Bertz CT molecular complexity index is 965. The highest BCUT2D eigenvalue weighted by Gasteiger charge is 2.48. The maximum absolute atomic E-state index is 13.1. The summed E-state index contributed by atoms with van der Waals surface area (Å²) in [4.78, 5) is 15.5. The minimum atomic E-state index is -0.144. The molecule has 2 aromatic rings. The molecule has 144 valence electrons. The number of carbonyl (C=O) groups excluding carboxylic acids is 1. The monoisotopic (exact) mass is 411 g/mol. The van der Waals surface area contributed by atoms with Crippen LogP contribution in [0.3, 0.4) is 0 Å². The summed E-state index contributed by atoms with van der Waals surface area (Å²) >= 11 is 6.90. The second-order valence-electron chi connectivity index (χ2n) is 7.82. The molecule has 5 rings (SSSR count). The van der Waals surface area contributed by atoms with E-state index in [1.165, 1.54) is 31.0 Å². The second kappa shape index (κ2) is 7.17. The molecular weight excluding hydrogens is 390 g/mol. The molecule has 2 heterocycles. The summed E-state index contributed by atoms with van der Waals surface area (Å²) in [5, 5.41) is 9.75. The Morgan fingerprint density at radius 2 is 2.07 bits per heavy atom. The molecule has 2 bridgehead atoms. The van der Waals surface area contributed by atoms with Gasteiger partial charge >= 0.3 is 0 Å². The van der Waals surface area contributed by atoms with Gasteiger partial charge in [0.25, 0.3) is 5.91 Å². The van der Waals surface area contributed by atoms with Crippen molar-refractivity contribution >= 4 is 40.3 Å². The molecule has 0 radical (unpaired) electrons. The fraction of sp³-hybridized carbons (Fsp3) is 0.364. The Morgan fingerprint density at radius 3 is 2.75 bits per heavy atom. The zero-order valence-corrected chi connectivity index (χ0v) is 17.0. The van der Waals surface area contributed by atoms with Crippen LogP contribution in [0, 0.1) is 11.8 Å². The quantitative estimate of drug-likeness (QED) is 0.577. The molecule has 2 aliphatic carbocycles. The van der Waals surface area contributed by atoms with Crippen LogP contribution in [0.15, 0.2) is 45.7 Å². The summed E-state index contributed by atoms with van der Waals surface area (Å²) in [7, 11) is 0. The lowest BCUT2D eigenvalue weighted by molar-refractivity contribution is -0.124.